The van der Waals surface area contributed by atoms with Crippen LogP contribution < -0.4 is 0 Å². The summed E-state index contributed by atoms with van der Waals surface area (Å²) in [6, 6.07) is 0. The second-order valence-electron chi connectivity index (χ2n) is 5.96. The zero-order valence-corrected chi connectivity index (χ0v) is 13.0. The van der Waals surface area contributed by atoms with E-state index in [1.165, 1.54) is 24.8 Å². The van der Waals surface area contributed by atoms with Gasteiger partial charge in [0.2, 0.25) is 0 Å². The van der Waals surface area contributed by atoms with Crippen molar-refractivity contribution in [1.82, 2.24) is 4.90 Å². The highest BCUT2D eigenvalue weighted by Crippen LogP contribution is 2.37. The lowest BCUT2D eigenvalue weighted by Crippen LogP contribution is -2.47. The van der Waals surface area contributed by atoms with Gasteiger partial charge in [-0.1, -0.05) is 12.0 Å². The van der Waals surface area contributed by atoms with Crippen LogP contribution in [0.1, 0.15) is 46.0 Å². The number of carbonyl (C=O) groups is 1. The number of morpholine rings is 1. The van der Waals surface area contributed by atoms with Crippen LogP contribution in [0.15, 0.2) is 15.5 Å². The molecule has 0 radical (unpaired) electrons. The molecule has 0 aromatic rings. The van der Waals surface area contributed by atoms with Gasteiger partial charge in [-0.2, -0.15) is 4.99 Å². The molecule has 3 rings (SSSR count). The molecule has 1 saturated heterocycles. The van der Waals surface area contributed by atoms with Gasteiger partial charge in [0.25, 0.3) is 5.91 Å². The largest absolute Gasteiger partial charge is 0.372 e. The molecular weight excluding hydrogens is 272 g/mol. The third-order valence-corrected chi connectivity index (χ3v) is 5.25. The minimum atomic E-state index is -0.0197. The van der Waals surface area contributed by atoms with E-state index in [9.17, 15) is 4.79 Å². The number of ether oxygens (including phenoxy) is 1. The van der Waals surface area contributed by atoms with Crippen molar-refractivity contribution in [1.29, 1.82) is 0 Å². The van der Waals surface area contributed by atoms with Crippen molar-refractivity contribution >= 4 is 22.8 Å². The van der Waals surface area contributed by atoms with Gasteiger partial charge in [-0.3, -0.25) is 4.79 Å². The van der Waals surface area contributed by atoms with Crippen LogP contribution in [-0.2, 0) is 9.53 Å². The summed E-state index contributed by atoms with van der Waals surface area (Å²) in [5.41, 5.74) is 1.33. The van der Waals surface area contributed by atoms with E-state index in [1.807, 2.05) is 0 Å². The van der Waals surface area contributed by atoms with E-state index in [2.05, 4.69) is 23.7 Å². The molecule has 5 heteroatoms. The van der Waals surface area contributed by atoms with E-state index in [1.54, 1.807) is 11.8 Å². The number of allylic oxidation sites excluding steroid dienone is 1. The quantitative estimate of drug-likeness (QED) is 0.644. The summed E-state index contributed by atoms with van der Waals surface area (Å²) in [5, 5.41) is 0.880. The lowest BCUT2D eigenvalue weighted by molar-refractivity contribution is -0.113. The van der Waals surface area contributed by atoms with Gasteiger partial charge in [0.15, 0.2) is 5.17 Å². The smallest absolute Gasteiger partial charge is 0.286 e. The zero-order valence-electron chi connectivity index (χ0n) is 12.2. The molecule has 2 heterocycles. The minimum Gasteiger partial charge on any atom is -0.372 e. The van der Waals surface area contributed by atoms with Crippen LogP contribution in [0, 0.1) is 0 Å². The summed E-state index contributed by atoms with van der Waals surface area (Å²) < 4.78 is 5.74. The van der Waals surface area contributed by atoms with Crippen molar-refractivity contribution in [2.75, 3.05) is 13.1 Å². The molecule has 0 bridgehead atoms. The van der Waals surface area contributed by atoms with Gasteiger partial charge < -0.3 is 9.64 Å². The lowest BCUT2D eigenvalue weighted by Gasteiger charge is -2.35. The number of thioether (sulfide) groups is 1. The summed E-state index contributed by atoms with van der Waals surface area (Å²) >= 11 is 1.59. The first-order valence-corrected chi connectivity index (χ1v) is 8.38. The fraction of sp³-hybridized carbons (Fsp3) is 0.733. The van der Waals surface area contributed by atoms with Gasteiger partial charge in [-0.15, -0.1) is 0 Å². The van der Waals surface area contributed by atoms with Crippen LogP contribution in [0.25, 0.3) is 0 Å². The Morgan fingerprint density at radius 1 is 1.15 bits per heavy atom. The van der Waals surface area contributed by atoms with E-state index in [0.717, 1.165) is 36.0 Å². The molecule has 20 heavy (non-hydrogen) atoms. The van der Waals surface area contributed by atoms with Crippen LogP contribution in [0.3, 0.4) is 0 Å². The Kier molecular flexibility index (Phi) is 4.17. The van der Waals surface area contributed by atoms with Crippen molar-refractivity contribution in [3.05, 3.63) is 10.5 Å². The predicted molar refractivity (Wildman–Crippen MR) is 81.7 cm³/mol. The molecule has 4 nitrogen and oxygen atoms in total. The van der Waals surface area contributed by atoms with Crippen molar-refractivity contribution in [3.8, 4) is 0 Å². The molecule has 3 aliphatic rings. The molecule has 0 aromatic carbocycles. The maximum Gasteiger partial charge on any atom is 0.286 e. The number of rotatable bonds is 0. The molecule has 1 amide bonds. The highest BCUT2D eigenvalue weighted by molar-refractivity contribution is 8.18. The highest BCUT2D eigenvalue weighted by atomic mass is 32.2. The number of hydrogen-bond acceptors (Lipinski definition) is 4. The maximum absolute atomic E-state index is 12.2. The van der Waals surface area contributed by atoms with Crippen molar-refractivity contribution in [2.24, 2.45) is 4.99 Å². The molecule has 0 spiro atoms. The summed E-state index contributed by atoms with van der Waals surface area (Å²) in [5.74, 6) is -0.0197. The van der Waals surface area contributed by atoms with Crippen LogP contribution >= 0.6 is 11.8 Å². The average molecular weight is 294 g/mol. The number of nitrogens with zero attached hydrogens (tertiary/aromatic N) is 2. The van der Waals surface area contributed by atoms with Crippen LogP contribution in [-0.4, -0.2) is 41.3 Å². The molecular formula is C15H22N2O2S. The van der Waals surface area contributed by atoms with Gasteiger partial charge in [0.05, 0.1) is 17.1 Å². The number of amidine groups is 1. The van der Waals surface area contributed by atoms with Gasteiger partial charge in [0.1, 0.15) is 0 Å². The van der Waals surface area contributed by atoms with Gasteiger partial charge >= 0.3 is 0 Å². The molecule has 1 aliphatic carbocycles. The van der Waals surface area contributed by atoms with Gasteiger partial charge in [0, 0.05) is 13.1 Å². The molecule has 2 fully saturated rings. The Hall–Kier alpha value is -0.810. The van der Waals surface area contributed by atoms with Crippen molar-refractivity contribution < 1.29 is 9.53 Å². The SMILES string of the molecule is C[C@H]1CN(C2=NC(=O)C(=C3CCCCC3)S2)C[C@H](C)O1. The Morgan fingerprint density at radius 3 is 2.45 bits per heavy atom. The summed E-state index contributed by atoms with van der Waals surface area (Å²) in [7, 11) is 0. The van der Waals surface area contributed by atoms with Crippen molar-refractivity contribution in [2.45, 2.75) is 58.2 Å². The van der Waals surface area contributed by atoms with E-state index in [4.69, 9.17) is 4.74 Å². The number of carbonyl (C=O) groups excluding carboxylic acids is 1. The monoisotopic (exact) mass is 294 g/mol. The third kappa shape index (κ3) is 2.93. The zero-order chi connectivity index (χ0) is 14.1. The topological polar surface area (TPSA) is 41.9 Å². The molecule has 1 saturated carbocycles. The Balaban J connectivity index is 1.73. The Labute approximate surface area is 124 Å². The third-order valence-electron chi connectivity index (χ3n) is 4.05. The maximum atomic E-state index is 12.2. The lowest BCUT2D eigenvalue weighted by atomic mass is 9.94. The first-order valence-electron chi connectivity index (χ1n) is 7.57. The fourth-order valence-electron chi connectivity index (χ4n) is 3.19. The standard InChI is InChI=1S/C15H22N2O2S/c1-10-8-17(9-11(2)19-10)15-16-14(18)13(20-15)12-6-4-3-5-7-12/h10-11H,3-9H2,1-2H3/t10-,11-/m0/s1. The molecule has 0 N–H and O–H groups in total. The van der Waals surface area contributed by atoms with Crippen LogP contribution in [0.2, 0.25) is 0 Å². The fourth-order valence-corrected chi connectivity index (χ4v) is 4.26. The van der Waals surface area contributed by atoms with Crippen LogP contribution in [0.4, 0.5) is 0 Å². The predicted octanol–water partition coefficient (Wildman–Crippen LogP) is 2.94. The molecule has 110 valence electrons. The first-order chi connectivity index (χ1) is 9.63. The van der Waals surface area contributed by atoms with Crippen LogP contribution in [0.5, 0.6) is 0 Å². The normalized spacial score (nSPS) is 31.8. The average Bonchev–Trinajstić information content (AvgIpc) is 2.81. The second kappa shape index (κ2) is 5.90. The number of amides is 1. The summed E-state index contributed by atoms with van der Waals surface area (Å²) in [4.78, 5) is 19.6. The number of aliphatic imine (C=N–C) groups is 1. The van der Waals surface area contributed by atoms with E-state index >= 15 is 0 Å². The van der Waals surface area contributed by atoms with Gasteiger partial charge in [-0.25, -0.2) is 0 Å². The Morgan fingerprint density at radius 2 is 1.80 bits per heavy atom. The molecule has 0 aromatic heterocycles. The van der Waals surface area contributed by atoms with Gasteiger partial charge in [-0.05, 0) is 51.3 Å². The second-order valence-corrected chi connectivity index (χ2v) is 6.93. The van der Waals surface area contributed by atoms with E-state index in [0.29, 0.717) is 0 Å². The highest BCUT2D eigenvalue weighted by Gasteiger charge is 2.32. The minimum absolute atomic E-state index is 0.0197. The molecule has 0 unspecified atom stereocenters. The van der Waals surface area contributed by atoms with Crippen molar-refractivity contribution in [3.63, 3.8) is 0 Å². The van der Waals surface area contributed by atoms with E-state index < -0.39 is 0 Å². The number of hydrogen-bond donors (Lipinski definition) is 0. The van der Waals surface area contributed by atoms with E-state index in [-0.39, 0.29) is 18.1 Å². The molecule has 2 atom stereocenters. The summed E-state index contributed by atoms with van der Waals surface area (Å²) in [6.07, 6.45) is 6.27. The first kappa shape index (κ1) is 14.1. The Bertz CT molecular complexity index is 454. The summed E-state index contributed by atoms with van der Waals surface area (Å²) in [6.45, 7) is 5.80. The molecule has 2 aliphatic heterocycles.